The standard InChI is InChI=1S/C10H13N3.C2H6/c1-3-8(2)10-6-9-7-11-4-5-13(9)12-10;1-2/h4-8H,3H2,1-2H3;1-2H3. The summed E-state index contributed by atoms with van der Waals surface area (Å²) >= 11 is 0. The summed E-state index contributed by atoms with van der Waals surface area (Å²) in [7, 11) is 0. The number of aromatic nitrogens is 3. The second-order valence-electron chi connectivity index (χ2n) is 3.32. The Bertz CT molecular complexity index is 373. The normalized spacial score (nSPS) is 12.0. The van der Waals surface area contributed by atoms with Gasteiger partial charge in [-0.2, -0.15) is 5.10 Å². The van der Waals surface area contributed by atoms with Gasteiger partial charge in [0.2, 0.25) is 0 Å². The van der Waals surface area contributed by atoms with Gasteiger partial charge in [-0.3, -0.25) is 4.98 Å². The van der Waals surface area contributed by atoms with E-state index in [0.29, 0.717) is 5.92 Å². The summed E-state index contributed by atoms with van der Waals surface area (Å²) in [6.07, 6.45) is 6.58. The van der Waals surface area contributed by atoms with Crippen LogP contribution in [0.15, 0.2) is 24.7 Å². The molecule has 0 aliphatic heterocycles. The van der Waals surface area contributed by atoms with Crippen molar-refractivity contribution < 1.29 is 0 Å². The van der Waals surface area contributed by atoms with Crippen molar-refractivity contribution in [2.45, 2.75) is 40.0 Å². The number of nitrogens with zero attached hydrogens (tertiary/aromatic N) is 3. The molecule has 0 amide bonds. The summed E-state index contributed by atoms with van der Waals surface area (Å²) in [5.41, 5.74) is 2.22. The minimum Gasteiger partial charge on any atom is -0.261 e. The minimum absolute atomic E-state index is 0.528. The lowest BCUT2D eigenvalue weighted by atomic mass is 10.1. The smallest absolute Gasteiger partial charge is 0.0847 e. The van der Waals surface area contributed by atoms with Gasteiger partial charge >= 0.3 is 0 Å². The SMILES string of the molecule is CC.CCC(C)c1cc2cnccn2n1. The lowest BCUT2D eigenvalue weighted by Gasteiger charge is -2.01. The summed E-state index contributed by atoms with van der Waals surface area (Å²) in [5, 5.41) is 4.46. The molecule has 0 radical (unpaired) electrons. The van der Waals surface area contributed by atoms with Gasteiger partial charge < -0.3 is 0 Å². The average molecular weight is 205 g/mol. The maximum atomic E-state index is 4.46. The van der Waals surface area contributed by atoms with Gasteiger partial charge in [0.25, 0.3) is 0 Å². The van der Waals surface area contributed by atoms with Crippen molar-refractivity contribution in [3.63, 3.8) is 0 Å². The zero-order valence-corrected chi connectivity index (χ0v) is 9.94. The lowest BCUT2D eigenvalue weighted by Crippen LogP contribution is -1.93. The van der Waals surface area contributed by atoms with Gasteiger partial charge in [0, 0.05) is 12.4 Å². The second kappa shape index (κ2) is 5.49. The van der Waals surface area contributed by atoms with Gasteiger partial charge in [-0.25, -0.2) is 4.52 Å². The molecule has 0 saturated carbocycles. The first-order valence-corrected chi connectivity index (χ1v) is 5.60. The predicted octanol–water partition coefficient (Wildman–Crippen LogP) is 3.27. The van der Waals surface area contributed by atoms with Gasteiger partial charge in [0.15, 0.2) is 0 Å². The first-order valence-electron chi connectivity index (χ1n) is 5.60. The van der Waals surface area contributed by atoms with Crippen LogP contribution >= 0.6 is 0 Å². The van der Waals surface area contributed by atoms with Crippen molar-refractivity contribution in [3.8, 4) is 0 Å². The summed E-state index contributed by atoms with van der Waals surface area (Å²) in [4.78, 5) is 4.05. The van der Waals surface area contributed by atoms with Gasteiger partial charge in [-0.1, -0.05) is 27.7 Å². The Kier molecular flexibility index (Phi) is 4.28. The molecule has 2 rings (SSSR count). The zero-order valence-electron chi connectivity index (χ0n) is 9.94. The highest BCUT2D eigenvalue weighted by atomic mass is 15.2. The van der Waals surface area contributed by atoms with Gasteiger partial charge in [-0.05, 0) is 18.4 Å². The molecule has 2 heterocycles. The Morgan fingerprint density at radius 2 is 2.13 bits per heavy atom. The molecule has 0 spiro atoms. The highest BCUT2D eigenvalue weighted by Gasteiger charge is 2.07. The Balaban J connectivity index is 0.000000531. The quantitative estimate of drug-likeness (QED) is 0.753. The molecular formula is C12H19N3. The van der Waals surface area contributed by atoms with Crippen molar-refractivity contribution >= 4 is 5.52 Å². The molecule has 3 nitrogen and oxygen atoms in total. The van der Waals surface area contributed by atoms with Crippen LogP contribution in [-0.2, 0) is 0 Å². The van der Waals surface area contributed by atoms with E-state index in [9.17, 15) is 0 Å². The van der Waals surface area contributed by atoms with Crippen LogP contribution in [0, 0.1) is 0 Å². The number of hydrogen-bond acceptors (Lipinski definition) is 2. The first-order chi connectivity index (χ1) is 7.31. The van der Waals surface area contributed by atoms with E-state index in [-0.39, 0.29) is 0 Å². The Morgan fingerprint density at radius 1 is 1.40 bits per heavy atom. The highest BCUT2D eigenvalue weighted by Crippen LogP contribution is 2.17. The Hall–Kier alpha value is -1.38. The Morgan fingerprint density at radius 3 is 2.73 bits per heavy atom. The molecule has 15 heavy (non-hydrogen) atoms. The highest BCUT2D eigenvalue weighted by molar-refractivity contribution is 5.45. The van der Waals surface area contributed by atoms with Gasteiger partial charge in [0.05, 0.1) is 17.4 Å². The second-order valence-corrected chi connectivity index (χ2v) is 3.32. The van der Waals surface area contributed by atoms with E-state index in [1.807, 2.05) is 30.8 Å². The van der Waals surface area contributed by atoms with E-state index in [1.54, 1.807) is 6.20 Å². The Labute approximate surface area is 91.2 Å². The molecule has 0 aliphatic carbocycles. The van der Waals surface area contributed by atoms with E-state index in [1.165, 1.54) is 0 Å². The van der Waals surface area contributed by atoms with Gasteiger partial charge in [0.1, 0.15) is 0 Å². The predicted molar refractivity (Wildman–Crippen MR) is 63.0 cm³/mol. The summed E-state index contributed by atoms with van der Waals surface area (Å²) in [6, 6.07) is 2.10. The van der Waals surface area contributed by atoms with Crippen LogP contribution in [0.25, 0.3) is 5.52 Å². The largest absolute Gasteiger partial charge is 0.261 e. The molecule has 1 atom stereocenters. The third-order valence-corrected chi connectivity index (χ3v) is 2.40. The van der Waals surface area contributed by atoms with Gasteiger partial charge in [-0.15, -0.1) is 0 Å². The van der Waals surface area contributed by atoms with E-state index >= 15 is 0 Å². The molecule has 3 heteroatoms. The van der Waals surface area contributed by atoms with Crippen molar-refractivity contribution in [1.29, 1.82) is 0 Å². The molecule has 0 fully saturated rings. The molecule has 0 aliphatic rings. The average Bonchev–Trinajstić information content (AvgIpc) is 2.74. The first kappa shape index (κ1) is 11.7. The van der Waals surface area contributed by atoms with Crippen LogP contribution in [0.3, 0.4) is 0 Å². The summed E-state index contributed by atoms with van der Waals surface area (Å²) in [5.74, 6) is 0.528. The number of hydrogen-bond donors (Lipinski definition) is 0. The van der Waals surface area contributed by atoms with Crippen LogP contribution in [0.5, 0.6) is 0 Å². The molecule has 0 saturated heterocycles. The molecule has 0 aromatic carbocycles. The number of rotatable bonds is 2. The fourth-order valence-corrected chi connectivity index (χ4v) is 1.32. The molecule has 2 aromatic heterocycles. The van der Waals surface area contributed by atoms with Crippen molar-refractivity contribution in [1.82, 2.24) is 14.6 Å². The topological polar surface area (TPSA) is 30.2 Å². The fraction of sp³-hybridized carbons (Fsp3) is 0.500. The third kappa shape index (κ3) is 2.55. The van der Waals surface area contributed by atoms with Crippen molar-refractivity contribution in [3.05, 3.63) is 30.4 Å². The number of fused-ring (bicyclic) bond motifs is 1. The molecular weight excluding hydrogens is 186 g/mol. The maximum absolute atomic E-state index is 4.46. The van der Waals surface area contributed by atoms with E-state index in [0.717, 1.165) is 17.6 Å². The summed E-state index contributed by atoms with van der Waals surface area (Å²) in [6.45, 7) is 8.36. The van der Waals surface area contributed by atoms with Crippen LogP contribution in [0.2, 0.25) is 0 Å². The molecule has 0 bridgehead atoms. The van der Waals surface area contributed by atoms with E-state index in [4.69, 9.17) is 0 Å². The maximum Gasteiger partial charge on any atom is 0.0847 e. The molecule has 0 N–H and O–H groups in total. The monoisotopic (exact) mass is 205 g/mol. The van der Waals surface area contributed by atoms with E-state index < -0.39 is 0 Å². The van der Waals surface area contributed by atoms with Crippen LogP contribution in [0.1, 0.15) is 45.7 Å². The van der Waals surface area contributed by atoms with Crippen LogP contribution in [-0.4, -0.2) is 14.6 Å². The van der Waals surface area contributed by atoms with E-state index in [2.05, 4.69) is 30.0 Å². The lowest BCUT2D eigenvalue weighted by molar-refractivity contribution is 0.694. The molecule has 2 aromatic rings. The van der Waals surface area contributed by atoms with Crippen molar-refractivity contribution in [2.75, 3.05) is 0 Å². The molecule has 1 unspecified atom stereocenters. The molecule has 82 valence electrons. The van der Waals surface area contributed by atoms with Crippen molar-refractivity contribution in [2.24, 2.45) is 0 Å². The zero-order chi connectivity index (χ0) is 11.3. The third-order valence-electron chi connectivity index (χ3n) is 2.40. The summed E-state index contributed by atoms with van der Waals surface area (Å²) < 4.78 is 1.87. The fourth-order valence-electron chi connectivity index (χ4n) is 1.32. The van der Waals surface area contributed by atoms with Crippen LogP contribution < -0.4 is 0 Å². The van der Waals surface area contributed by atoms with Crippen LogP contribution in [0.4, 0.5) is 0 Å². The minimum atomic E-state index is 0.528.